The molecule has 0 aliphatic heterocycles. The summed E-state index contributed by atoms with van der Waals surface area (Å²) >= 11 is 0. The molecule has 0 bridgehead atoms. The maximum atomic E-state index is 12.0. The molecule has 0 aliphatic rings. The molecule has 0 spiro atoms. The Labute approximate surface area is 133 Å². The monoisotopic (exact) mass is 329 g/mol. The van der Waals surface area contributed by atoms with Gasteiger partial charge in [0.05, 0.1) is 10.6 Å². The van der Waals surface area contributed by atoms with E-state index >= 15 is 0 Å². The van der Waals surface area contributed by atoms with Gasteiger partial charge < -0.3 is 4.98 Å². The minimum absolute atomic E-state index is 0.0432. The standard InChI is InChI=1S/C13H11N7O4/c1-18-10-9(11(21)19(2)13(18)22)14-12(15-10)17-16-7-3-5-8(6-4-7)20(23)24/h3-6H,1-2H3,(H,14,15). The van der Waals surface area contributed by atoms with Crippen LogP contribution in [0.4, 0.5) is 17.3 Å². The van der Waals surface area contributed by atoms with Crippen molar-refractivity contribution in [1.29, 1.82) is 0 Å². The first-order chi connectivity index (χ1) is 11.4. The summed E-state index contributed by atoms with van der Waals surface area (Å²) in [6, 6.07) is 5.46. The van der Waals surface area contributed by atoms with E-state index in [4.69, 9.17) is 0 Å². The summed E-state index contributed by atoms with van der Waals surface area (Å²) in [6.07, 6.45) is 0. The molecular formula is C13H11N7O4. The van der Waals surface area contributed by atoms with Crippen LogP contribution in [0.1, 0.15) is 0 Å². The van der Waals surface area contributed by atoms with Crippen molar-refractivity contribution < 1.29 is 4.92 Å². The Morgan fingerprint density at radius 2 is 1.79 bits per heavy atom. The summed E-state index contributed by atoms with van der Waals surface area (Å²) in [5.74, 6) is 0.0432. The minimum atomic E-state index is -0.517. The predicted molar refractivity (Wildman–Crippen MR) is 83.8 cm³/mol. The summed E-state index contributed by atoms with van der Waals surface area (Å²) in [4.78, 5) is 40.7. The molecule has 3 aromatic rings. The average molecular weight is 329 g/mol. The van der Waals surface area contributed by atoms with Crippen LogP contribution in [-0.2, 0) is 14.1 Å². The smallest absolute Gasteiger partial charge is 0.315 e. The first kappa shape index (κ1) is 15.3. The van der Waals surface area contributed by atoms with E-state index in [1.807, 2.05) is 0 Å². The lowest BCUT2D eigenvalue weighted by Crippen LogP contribution is -2.36. The molecule has 0 fully saturated rings. The second-order valence-corrected chi connectivity index (χ2v) is 4.94. The number of azo groups is 1. The number of H-pyrrole nitrogens is 1. The van der Waals surface area contributed by atoms with Crippen molar-refractivity contribution >= 4 is 28.5 Å². The zero-order valence-corrected chi connectivity index (χ0v) is 12.6. The Morgan fingerprint density at radius 3 is 2.42 bits per heavy atom. The lowest BCUT2D eigenvalue weighted by atomic mass is 10.3. The Hall–Kier alpha value is -3.63. The van der Waals surface area contributed by atoms with E-state index < -0.39 is 16.2 Å². The van der Waals surface area contributed by atoms with Crippen molar-refractivity contribution in [3.63, 3.8) is 0 Å². The van der Waals surface area contributed by atoms with Crippen molar-refractivity contribution in [2.45, 2.75) is 0 Å². The molecule has 2 heterocycles. The molecule has 0 saturated carbocycles. The van der Waals surface area contributed by atoms with E-state index in [1.54, 1.807) is 0 Å². The zero-order valence-electron chi connectivity index (χ0n) is 12.6. The first-order valence-corrected chi connectivity index (χ1v) is 6.70. The van der Waals surface area contributed by atoms with Crippen LogP contribution >= 0.6 is 0 Å². The number of rotatable bonds is 3. The molecule has 2 aromatic heterocycles. The SMILES string of the molecule is Cn1c(=O)c2[nH]c(N=Nc3ccc([N+](=O)[O-])cc3)nc2n(C)c1=O. The lowest BCUT2D eigenvalue weighted by molar-refractivity contribution is -0.384. The molecular weight excluding hydrogens is 318 g/mol. The number of fused-ring (bicyclic) bond motifs is 1. The van der Waals surface area contributed by atoms with Crippen LogP contribution in [0.25, 0.3) is 11.2 Å². The highest BCUT2D eigenvalue weighted by Gasteiger charge is 2.13. The molecule has 122 valence electrons. The molecule has 24 heavy (non-hydrogen) atoms. The normalized spacial score (nSPS) is 11.4. The fourth-order valence-corrected chi connectivity index (χ4v) is 2.11. The first-order valence-electron chi connectivity index (χ1n) is 6.70. The molecule has 11 heteroatoms. The van der Waals surface area contributed by atoms with Crippen LogP contribution in [-0.4, -0.2) is 24.0 Å². The Kier molecular flexibility index (Phi) is 3.52. The van der Waals surface area contributed by atoms with E-state index in [9.17, 15) is 19.7 Å². The quantitative estimate of drug-likeness (QED) is 0.438. The zero-order chi connectivity index (χ0) is 17.4. The van der Waals surface area contributed by atoms with Gasteiger partial charge in [-0.05, 0) is 12.1 Å². The van der Waals surface area contributed by atoms with Crippen LogP contribution in [0.5, 0.6) is 0 Å². The molecule has 11 nitrogen and oxygen atoms in total. The maximum absolute atomic E-state index is 12.0. The fourth-order valence-electron chi connectivity index (χ4n) is 2.11. The highest BCUT2D eigenvalue weighted by atomic mass is 16.6. The Morgan fingerprint density at radius 1 is 1.12 bits per heavy atom. The Bertz CT molecular complexity index is 1090. The maximum Gasteiger partial charge on any atom is 0.332 e. The predicted octanol–water partition coefficient (Wildman–Crippen LogP) is 1.28. The molecule has 0 aliphatic carbocycles. The number of nitrogens with one attached hydrogen (secondary N) is 1. The van der Waals surface area contributed by atoms with Gasteiger partial charge in [0.2, 0.25) is 5.95 Å². The Balaban J connectivity index is 2.00. The van der Waals surface area contributed by atoms with E-state index in [-0.39, 0.29) is 22.8 Å². The number of nitro groups is 1. The molecule has 3 rings (SSSR count). The molecule has 1 aromatic carbocycles. The van der Waals surface area contributed by atoms with E-state index in [0.29, 0.717) is 5.69 Å². The number of nitro benzene ring substituents is 1. The van der Waals surface area contributed by atoms with Gasteiger partial charge in [0, 0.05) is 26.2 Å². The molecule has 0 unspecified atom stereocenters. The van der Waals surface area contributed by atoms with Crippen LogP contribution in [0.2, 0.25) is 0 Å². The van der Waals surface area contributed by atoms with Gasteiger partial charge >= 0.3 is 5.69 Å². The largest absolute Gasteiger partial charge is 0.332 e. The highest BCUT2D eigenvalue weighted by Crippen LogP contribution is 2.20. The number of benzene rings is 1. The topological polar surface area (TPSA) is 141 Å². The molecule has 0 radical (unpaired) electrons. The summed E-state index contributed by atoms with van der Waals surface area (Å²) in [6.45, 7) is 0. The van der Waals surface area contributed by atoms with Crippen molar-refractivity contribution in [2.24, 2.45) is 24.3 Å². The highest BCUT2D eigenvalue weighted by molar-refractivity contribution is 5.71. The van der Waals surface area contributed by atoms with Crippen LogP contribution < -0.4 is 11.2 Å². The number of aryl methyl sites for hydroxylation is 1. The summed E-state index contributed by atoms with van der Waals surface area (Å²) in [5, 5.41) is 18.3. The second-order valence-electron chi connectivity index (χ2n) is 4.94. The average Bonchev–Trinajstić information content (AvgIpc) is 3.01. The van der Waals surface area contributed by atoms with Gasteiger partial charge in [-0.25, -0.2) is 4.79 Å². The number of hydrogen-bond donors (Lipinski definition) is 1. The molecule has 0 saturated heterocycles. The number of aromatic nitrogens is 4. The summed E-state index contributed by atoms with van der Waals surface area (Å²) in [7, 11) is 2.85. The lowest BCUT2D eigenvalue weighted by Gasteiger charge is -2.00. The number of imidazole rings is 1. The van der Waals surface area contributed by atoms with Gasteiger partial charge in [-0.1, -0.05) is 0 Å². The third kappa shape index (κ3) is 2.47. The van der Waals surface area contributed by atoms with Crippen molar-refractivity contribution in [1.82, 2.24) is 19.1 Å². The van der Waals surface area contributed by atoms with Crippen molar-refractivity contribution in [3.8, 4) is 0 Å². The summed E-state index contributed by atoms with van der Waals surface area (Å²) < 4.78 is 2.18. The van der Waals surface area contributed by atoms with E-state index in [1.165, 1.54) is 42.9 Å². The van der Waals surface area contributed by atoms with Gasteiger partial charge in [-0.2, -0.15) is 4.98 Å². The van der Waals surface area contributed by atoms with Crippen molar-refractivity contribution in [2.75, 3.05) is 0 Å². The van der Waals surface area contributed by atoms with E-state index in [2.05, 4.69) is 20.2 Å². The molecule has 0 amide bonds. The van der Waals surface area contributed by atoms with E-state index in [0.717, 1.165) is 4.57 Å². The number of non-ortho nitro benzene ring substituents is 1. The minimum Gasteiger partial charge on any atom is -0.315 e. The summed E-state index contributed by atoms with van der Waals surface area (Å²) in [5.41, 5.74) is -0.396. The molecule has 0 atom stereocenters. The second kappa shape index (κ2) is 5.53. The van der Waals surface area contributed by atoms with Crippen LogP contribution in [0, 0.1) is 10.1 Å². The fraction of sp³-hybridized carbons (Fsp3) is 0.154. The number of aromatic amines is 1. The third-order valence-electron chi connectivity index (χ3n) is 3.40. The van der Waals surface area contributed by atoms with Crippen LogP contribution in [0.3, 0.4) is 0 Å². The van der Waals surface area contributed by atoms with Gasteiger partial charge in [0.25, 0.3) is 11.2 Å². The van der Waals surface area contributed by atoms with Gasteiger partial charge in [0.15, 0.2) is 11.2 Å². The number of nitrogens with zero attached hydrogens (tertiary/aromatic N) is 6. The van der Waals surface area contributed by atoms with Gasteiger partial charge in [-0.3, -0.25) is 24.0 Å². The number of hydrogen-bond acceptors (Lipinski definition) is 7. The molecule has 1 N–H and O–H groups in total. The third-order valence-corrected chi connectivity index (χ3v) is 3.40. The van der Waals surface area contributed by atoms with Gasteiger partial charge in [-0.15, -0.1) is 10.2 Å². The van der Waals surface area contributed by atoms with Gasteiger partial charge in [0.1, 0.15) is 0 Å². The van der Waals surface area contributed by atoms with Crippen LogP contribution in [0.15, 0.2) is 44.1 Å². The van der Waals surface area contributed by atoms with Crippen molar-refractivity contribution in [3.05, 3.63) is 55.2 Å².